The number of benzene rings is 1. The molecule has 122 valence electrons. The molecule has 2 aromatic rings. The number of rotatable bonds is 5. The average molecular weight is 338 g/mol. The average Bonchev–Trinajstić information content (AvgIpc) is 3.04. The maximum atomic E-state index is 12.2. The number of hydrogen-bond acceptors (Lipinski definition) is 5. The highest BCUT2D eigenvalue weighted by Gasteiger charge is 2.21. The molecule has 2 rings (SSSR count). The molecule has 0 aliphatic heterocycles. The number of amides is 1. The second-order valence-corrected chi connectivity index (χ2v) is 5.26. The Morgan fingerprint density at radius 1 is 1.35 bits per heavy atom. The fraction of sp³-hybridized carbons (Fsp3) is 0.250. The molecule has 0 bridgehead atoms. The Balaban J connectivity index is 2.06. The Labute approximate surface area is 138 Å². The van der Waals surface area contributed by atoms with E-state index in [4.69, 9.17) is 25.5 Å². The standard InChI is InChI=1S/C16H16ClNO5/c1-9-6-13(14(21-3)7-12(9)17)18-15(19)10(2)23-16(20)11-4-5-22-8-11/h4-8,10H,1-3H3,(H,18,19). The molecule has 0 spiro atoms. The Bertz CT molecular complexity index is 712. The lowest BCUT2D eigenvalue weighted by Crippen LogP contribution is -2.30. The molecule has 1 N–H and O–H groups in total. The van der Waals surface area contributed by atoms with E-state index in [1.54, 1.807) is 19.1 Å². The molecule has 1 amide bonds. The number of furan rings is 1. The molecule has 1 heterocycles. The molecular weight excluding hydrogens is 322 g/mol. The molecule has 0 aliphatic carbocycles. The molecule has 1 aromatic heterocycles. The van der Waals surface area contributed by atoms with E-state index < -0.39 is 18.0 Å². The van der Waals surface area contributed by atoms with Crippen LogP contribution in [0.1, 0.15) is 22.8 Å². The van der Waals surface area contributed by atoms with Gasteiger partial charge in [0.05, 0.1) is 24.6 Å². The first kappa shape index (κ1) is 16.9. The van der Waals surface area contributed by atoms with Gasteiger partial charge in [0.15, 0.2) is 6.10 Å². The molecule has 0 saturated carbocycles. The van der Waals surface area contributed by atoms with Gasteiger partial charge in [0.25, 0.3) is 5.91 Å². The first-order valence-electron chi connectivity index (χ1n) is 6.80. The smallest absolute Gasteiger partial charge is 0.342 e. The van der Waals surface area contributed by atoms with E-state index >= 15 is 0 Å². The van der Waals surface area contributed by atoms with E-state index in [1.165, 1.54) is 32.6 Å². The van der Waals surface area contributed by atoms with Crippen molar-refractivity contribution in [3.05, 3.63) is 46.9 Å². The molecule has 1 unspecified atom stereocenters. The van der Waals surface area contributed by atoms with E-state index in [-0.39, 0.29) is 5.56 Å². The number of halogens is 1. The first-order valence-corrected chi connectivity index (χ1v) is 7.18. The summed E-state index contributed by atoms with van der Waals surface area (Å²) >= 11 is 6.02. The third kappa shape index (κ3) is 4.04. The predicted octanol–water partition coefficient (Wildman–Crippen LogP) is 3.43. The minimum absolute atomic E-state index is 0.240. The van der Waals surface area contributed by atoms with Gasteiger partial charge in [-0.2, -0.15) is 0 Å². The van der Waals surface area contributed by atoms with Crippen molar-refractivity contribution in [2.45, 2.75) is 20.0 Å². The van der Waals surface area contributed by atoms with Crippen LogP contribution in [0.3, 0.4) is 0 Å². The Morgan fingerprint density at radius 2 is 2.09 bits per heavy atom. The summed E-state index contributed by atoms with van der Waals surface area (Å²) in [6, 6.07) is 4.75. The highest BCUT2D eigenvalue weighted by Crippen LogP contribution is 2.31. The molecule has 7 heteroatoms. The molecule has 0 aliphatic rings. The quantitative estimate of drug-likeness (QED) is 0.846. The van der Waals surface area contributed by atoms with Gasteiger partial charge in [0.1, 0.15) is 12.0 Å². The minimum Gasteiger partial charge on any atom is -0.495 e. The number of ether oxygens (including phenoxy) is 2. The van der Waals surface area contributed by atoms with E-state index in [0.717, 1.165) is 5.56 Å². The summed E-state index contributed by atoms with van der Waals surface area (Å²) in [5.74, 6) is -0.704. The second-order valence-electron chi connectivity index (χ2n) is 4.85. The van der Waals surface area contributed by atoms with Crippen LogP contribution in [0, 0.1) is 6.92 Å². The fourth-order valence-corrected chi connectivity index (χ4v) is 1.98. The number of methoxy groups -OCH3 is 1. The van der Waals surface area contributed by atoms with Crippen LogP contribution in [-0.4, -0.2) is 25.1 Å². The summed E-state index contributed by atoms with van der Waals surface area (Å²) in [6.07, 6.45) is 1.61. The van der Waals surface area contributed by atoms with Crippen molar-refractivity contribution < 1.29 is 23.5 Å². The maximum Gasteiger partial charge on any atom is 0.342 e. The number of esters is 1. The third-order valence-corrected chi connectivity index (χ3v) is 3.56. The van der Waals surface area contributed by atoms with E-state index in [1.807, 2.05) is 0 Å². The number of nitrogens with one attached hydrogen (secondary N) is 1. The van der Waals surface area contributed by atoms with Crippen LogP contribution in [0.25, 0.3) is 0 Å². The van der Waals surface area contributed by atoms with Crippen molar-refractivity contribution in [3.63, 3.8) is 0 Å². The topological polar surface area (TPSA) is 77.8 Å². The number of hydrogen-bond donors (Lipinski definition) is 1. The summed E-state index contributed by atoms with van der Waals surface area (Å²) in [5.41, 5.74) is 1.47. The van der Waals surface area contributed by atoms with Crippen molar-refractivity contribution in [1.29, 1.82) is 0 Å². The fourth-order valence-electron chi connectivity index (χ4n) is 1.83. The number of anilines is 1. The zero-order valence-corrected chi connectivity index (χ0v) is 13.6. The zero-order chi connectivity index (χ0) is 17.0. The highest BCUT2D eigenvalue weighted by atomic mass is 35.5. The van der Waals surface area contributed by atoms with Crippen LogP contribution in [0.4, 0.5) is 5.69 Å². The number of aryl methyl sites for hydroxylation is 1. The summed E-state index contributed by atoms with van der Waals surface area (Å²) in [6.45, 7) is 3.28. The van der Waals surface area contributed by atoms with Gasteiger partial charge < -0.3 is 19.2 Å². The Kier molecular flexibility index (Phi) is 5.28. The van der Waals surface area contributed by atoms with Crippen LogP contribution >= 0.6 is 11.6 Å². The normalized spacial score (nSPS) is 11.7. The van der Waals surface area contributed by atoms with E-state index in [0.29, 0.717) is 16.5 Å². The summed E-state index contributed by atoms with van der Waals surface area (Å²) in [7, 11) is 1.47. The van der Waals surface area contributed by atoms with Gasteiger partial charge in [-0.3, -0.25) is 4.79 Å². The molecule has 1 atom stereocenters. The van der Waals surface area contributed by atoms with E-state index in [2.05, 4.69) is 5.32 Å². The lowest BCUT2D eigenvalue weighted by Gasteiger charge is -2.16. The molecule has 6 nitrogen and oxygen atoms in total. The third-order valence-electron chi connectivity index (χ3n) is 3.15. The maximum absolute atomic E-state index is 12.2. The van der Waals surface area contributed by atoms with Crippen molar-refractivity contribution in [1.82, 2.24) is 0 Å². The van der Waals surface area contributed by atoms with Gasteiger partial charge in [-0.25, -0.2) is 4.79 Å². The van der Waals surface area contributed by atoms with Gasteiger partial charge in [0.2, 0.25) is 0 Å². The monoisotopic (exact) mass is 337 g/mol. The molecule has 0 fully saturated rings. The molecule has 23 heavy (non-hydrogen) atoms. The number of carbonyl (C=O) groups excluding carboxylic acids is 2. The van der Waals surface area contributed by atoms with Crippen molar-refractivity contribution in [2.75, 3.05) is 12.4 Å². The van der Waals surface area contributed by atoms with Gasteiger partial charge >= 0.3 is 5.97 Å². The lowest BCUT2D eigenvalue weighted by atomic mass is 10.2. The van der Waals surface area contributed by atoms with Gasteiger partial charge in [-0.1, -0.05) is 11.6 Å². The minimum atomic E-state index is -0.988. The first-order chi connectivity index (χ1) is 10.9. The highest BCUT2D eigenvalue weighted by molar-refractivity contribution is 6.31. The molecule has 0 saturated heterocycles. The van der Waals surface area contributed by atoms with Crippen molar-refractivity contribution in [3.8, 4) is 5.75 Å². The predicted molar refractivity (Wildman–Crippen MR) is 85.0 cm³/mol. The van der Waals surface area contributed by atoms with Crippen LogP contribution in [0.15, 0.2) is 35.1 Å². The van der Waals surface area contributed by atoms with Crippen molar-refractivity contribution in [2.24, 2.45) is 0 Å². The summed E-state index contributed by atoms with van der Waals surface area (Å²) in [5, 5.41) is 3.18. The molecule has 0 radical (unpaired) electrons. The SMILES string of the molecule is COc1cc(Cl)c(C)cc1NC(=O)C(C)OC(=O)c1ccoc1. The molecular formula is C16H16ClNO5. The van der Waals surface area contributed by atoms with Crippen LogP contribution < -0.4 is 10.1 Å². The van der Waals surface area contributed by atoms with Gasteiger partial charge in [-0.05, 0) is 31.5 Å². The molecule has 1 aromatic carbocycles. The van der Waals surface area contributed by atoms with Crippen LogP contribution in [0.5, 0.6) is 5.75 Å². The second kappa shape index (κ2) is 7.19. The van der Waals surface area contributed by atoms with Crippen molar-refractivity contribution >= 4 is 29.2 Å². The summed E-state index contributed by atoms with van der Waals surface area (Å²) < 4.78 is 15.1. The van der Waals surface area contributed by atoms with Gasteiger partial charge in [-0.15, -0.1) is 0 Å². The zero-order valence-electron chi connectivity index (χ0n) is 12.9. The Morgan fingerprint density at radius 3 is 2.70 bits per heavy atom. The Hall–Kier alpha value is -2.47. The summed E-state index contributed by atoms with van der Waals surface area (Å²) in [4.78, 5) is 24.0. The van der Waals surface area contributed by atoms with Crippen LogP contribution in [-0.2, 0) is 9.53 Å². The van der Waals surface area contributed by atoms with Gasteiger partial charge in [0, 0.05) is 11.1 Å². The van der Waals surface area contributed by atoms with Crippen LogP contribution in [0.2, 0.25) is 5.02 Å². The number of carbonyl (C=O) groups is 2. The van der Waals surface area contributed by atoms with E-state index in [9.17, 15) is 9.59 Å². The largest absolute Gasteiger partial charge is 0.495 e. The lowest BCUT2D eigenvalue weighted by molar-refractivity contribution is -0.123.